The van der Waals surface area contributed by atoms with Gasteiger partial charge in [-0.05, 0) is 37.6 Å². The summed E-state index contributed by atoms with van der Waals surface area (Å²) in [6.45, 7) is 6.40. The number of carbonyl (C=O) groups excluding carboxylic acids is 1. The van der Waals surface area contributed by atoms with Crippen LogP contribution in [-0.4, -0.2) is 61.0 Å². The molecule has 19 heavy (non-hydrogen) atoms. The number of nitrogens with one attached hydrogen (secondary N) is 1. The van der Waals surface area contributed by atoms with Gasteiger partial charge in [-0.3, -0.25) is 9.69 Å². The number of piperazine rings is 1. The van der Waals surface area contributed by atoms with Crippen molar-refractivity contribution in [2.75, 3.05) is 39.3 Å². The van der Waals surface area contributed by atoms with E-state index in [0.717, 1.165) is 57.1 Å². The topological polar surface area (TPSA) is 35.6 Å². The van der Waals surface area contributed by atoms with Crippen LogP contribution in [-0.2, 0) is 4.79 Å². The van der Waals surface area contributed by atoms with E-state index in [9.17, 15) is 4.79 Å². The molecule has 2 saturated heterocycles. The van der Waals surface area contributed by atoms with Gasteiger partial charge in [-0.2, -0.15) is 0 Å². The maximum Gasteiger partial charge on any atom is 0.226 e. The zero-order chi connectivity index (χ0) is 12.8. The van der Waals surface area contributed by atoms with Gasteiger partial charge in [0.1, 0.15) is 0 Å². The average Bonchev–Trinajstić information content (AvgIpc) is 2.91. The Balaban J connectivity index is 1.29. The van der Waals surface area contributed by atoms with E-state index in [-0.39, 0.29) is 0 Å². The van der Waals surface area contributed by atoms with Gasteiger partial charge in [0.15, 0.2) is 0 Å². The number of hydrogen-bond donors (Lipinski definition) is 1. The summed E-state index contributed by atoms with van der Waals surface area (Å²) in [4.78, 5) is 17.2. The van der Waals surface area contributed by atoms with Crippen molar-refractivity contribution in [2.24, 2.45) is 17.8 Å². The van der Waals surface area contributed by atoms with Gasteiger partial charge >= 0.3 is 0 Å². The minimum absolute atomic E-state index is 0.424. The second-order valence-electron chi connectivity index (χ2n) is 6.79. The van der Waals surface area contributed by atoms with Gasteiger partial charge in [-0.25, -0.2) is 0 Å². The van der Waals surface area contributed by atoms with Crippen molar-refractivity contribution >= 4 is 5.91 Å². The lowest BCUT2D eigenvalue weighted by molar-refractivity contribution is -0.135. The molecule has 4 rings (SSSR count). The molecule has 2 aliphatic heterocycles. The third kappa shape index (κ3) is 2.09. The largest absolute Gasteiger partial charge is 0.340 e. The minimum atomic E-state index is 0.424. The highest BCUT2D eigenvalue weighted by Crippen LogP contribution is 2.58. The van der Waals surface area contributed by atoms with Crippen LogP contribution in [0.15, 0.2) is 0 Å². The SMILES string of the molecule is O=C(C1C2CCCC21)N1CCN(C2CCNC2)CC1. The van der Waals surface area contributed by atoms with Gasteiger partial charge in [-0.1, -0.05) is 6.42 Å². The standard InChI is InChI=1S/C15H25N3O/c19-15(14-12-2-1-3-13(12)14)18-8-6-17(7-9-18)11-4-5-16-10-11/h11-14,16H,1-10H2. The number of amides is 1. The molecule has 4 fully saturated rings. The van der Waals surface area contributed by atoms with E-state index in [1.54, 1.807) is 0 Å². The third-order valence-electron chi connectivity index (χ3n) is 5.87. The Hall–Kier alpha value is -0.610. The number of hydrogen-bond acceptors (Lipinski definition) is 3. The minimum Gasteiger partial charge on any atom is -0.340 e. The van der Waals surface area contributed by atoms with Gasteiger partial charge in [0.2, 0.25) is 5.91 Å². The smallest absolute Gasteiger partial charge is 0.226 e. The van der Waals surface area contributed by atoms with Crippen molar-refractivity contribution in [3.8, 4) is 0 Å². The molecule has 3 unspecified atom stereocenters. The Morgan fingerprint density at radius 1 is 1.00 bits per heavy atom. The van der Waals surface area contributed by atoms with E-state index in [1.165, 1.54) is 25.7 Å². The second-order valence-corrected chi connectivity index (χ2v) is 6.79. The number of carbonyl (C=O) groups is 1. The zero-order valence-corrected chi connectivity index (χ0v) is 11.7. The highest BCUT2D eigenvalue weighted by atomic mass is 16.2. The van der Waals surface area contributed by atoms with Gasteiger partial charge in [0, 0.05) is 44.7 Å². The van der Waals surface area contributed by atoms with E-state index >= 15 is 0 Å². The maximum absolute atomic E-state index is 12.5. The van der Waals surface area contributed by atoms with E-state index in [1.807, 2.05) is 0 Å². The summed E-state index contributed by atoms with van der Waals surface area (Å²) >= 11 is 0. The molecule has 0 radical (unpaired) electrons. The maximum atomic E-state index is 12.5. The van der Waals surface area contributed by atoms with E-state index < -0.39 is 0 Å². The first kappa shape index (κ1) is 12.2. The monoisotopic (exact) mass is 263 g/mol. The summed E-state index contributed by atoms with van der Waals surface area (Å²) in [5.74, 6) is 2.45. The summed E-state index contributed by atoms with van der Waals surface area (Å²) < 4.78 is 0. The molecule has 1 N–H and O–H groups in total. The first-order valence-electron chi connectivity index (χ1n) is 8.08. The van der Waals surface area contributed by atoms with Crippen LogP contribution in [0.4, 0.5) is 0 Å². The van der Waals surface area contributed by atoms with Crippen molar-refractivity contribution in [3.63, 3.8) is 0 Å². The van der Waals surface area contributed by atoms with Crippen LogP contribution < -0.4 is 5.32 Å². The molecule has 0 bridgehead atoms. The Kier molecular flexibility index (Phi) is 3.03. The highest BCUT2D eigenvalue weighted by Gasteiger charge is 2.57. The number of nitrogens with zero attached hydrogens (tertiary/aromatic N) is 2. The summed E-state index contributed by atoms with van der Waals surface area (Å²) in [6, 6.07) is 0.720. The molecule has 1 amide bonds. The predicted molar refractivity (Wildman–Crippen MR) is 73.7 cm³/mol. The summed E-state index contributed by atoms with van der Waals surface area (Å²) in [5, 5.41) is 3.44. The second kappa shape index (κ2) is 4.74. The van der Waals surface area contributed by atoms with Gasteiger partial charge in [0.05, 0.1) is 0 Å². The quantitative estimate of drug-likeness (QED) is 0.790. The van der Waals surface area contributed by atoms with Crippen molar-refractivity contribution < 1.29 is 4.79 Å². The van der Waals surface area contributed by atoms with Crippen molar-refractivity contribution in [1.29, 1.82) is 0 Å². The Morgan fingerprint density at radius 3 is 2.37 bits per heavy atom. The molecule has 4 nitrogen and oxygen atoms in total. The molecule has 3 atom stereocenters. The fourth-order valence-electron chi connectivity index (χ4n) is 4.66. The lowest BCUT2D eigenvalue weighted by atomic mass is 10.1. The van der Waals surface area contributed by atoms with Crippen molar-refractivity contribution in [2.45, 2.75) is 31.7 Å². The normalized spacial score (nSPS) is 42.4. The van der Waals surface area contributed by atoms with Crippen LogP contribution >= 0.6 is 0 Å². The van der Waals surface area contributed by atoms with E-state index in [2.05, 4.69) is 15.1 Å². The molecule has 0 aromatic heterocycles. The molecule has 4 heteroatoms. The Labute approximate surface area is 115 Å². The molecule has 0 spiro atoms. The van der Waals surface area contributed by atoms with Crippen molar-refractivity contribution in [3.05, 3.63) is 0 Å². The molecule has 2 aliphatic carbocycles. The molecule has 0 aromatic rings. The average molecular weight is 263 g/mol. The van der Waals surface area contributed by atoms with Crippen LogP contribution in [0, 0.1) is 17.8 Å². The van der Waals surface area contributed by atoms with Crippen LogP contribution in [0.25, 0.3) is 0 Å². The van der Waals surface area contributed by atoms with Crippen LogP contribution in [0.3, 0.4) is 0 Å². The molecular formula is C15H25N3O. The molecule has 106 valence electrons. The van der Waals surface area contributed by atoms with E-state index in [0.29, 0.717) is 11.8 Å². The zero-order valence-electron chi connectivity index (χ0n) is 11.7. The first-order valence-corrected chi connectivity index (χ1v) is 8.08. The molecule has 4 aliphatic rings. The first-order chi connectivity index (χ1) is 9.34. The fourth-order valence-corrected chi connectivity index (χ4v) is 4.66. The summed E-state index contributed by atoms with van der Waals surface area (Å²) in [7, 11) is 0. The van der Waals surface area contributed by atoms with Gasteiger partial charge in [-0.15, -0.1) is 0 Å². The number of fused-ring (bicyclic) bond motifs is 1. The van der Waals surface area contributed by atoms with Crippen LogP contribution in [0.2, 0.25) is 0 Å². The molecule has 0 aromatic carbocycles. The van der Waals surface area contributed by atoms with Crippen LogP contribution in [0.5, 0.6) is 0 Å². The van der Waals surface area contributed by atoms with Gasteiger partial charge in [0.25, 0.3) is 0 Å². The summed E-state index contributed by atoms with van der Waals surface area (Å²) in [5.41, 5.74) is 0. The lowest BCUT2D eigenvalue weighted by Crippen LogP contribution is -2.53. The van der Waals surface area contributed by atoms with E-state index in [4.69, 9.17) is 0 Å². The predicted octanol–water partition coefficient (Wildman–Crippen LogP) is 0.539. The third-order valence-corrected chi connectivity index (χ3v) is 5.87. The fraction of sp³-hybridized carbons (Fsp3) is 0.933. The lowest BCUT2D eigenvalue weighted by Gasteiger charge is -2.38. The Morgan fingerprint density at radius 2 is 1.74 bits per heavy atom. The van der Waals surface area contributed by atoms with Gasteiger partial charge < -0.3 is 10.2 Å². The molecule has 2 saturated carbocycles. The van der Waals surface area contributed by atoms with Crippen molar-refractivity contribution in [1.82, 2.24) is 15.1 Å². The molecule has 2 heterocycles. The molecular weight excluding hydrogens is 238 g/mol. The van der Waals surface area contributed by atoms with Crippen LogP contribution in [0.1, 0.15) is 25.7 Å². The Bertz CT molecular complexity index is 348. The summed E-state index contributed by atoms with van der Waals surface area (Å²) in [6.07, 6.45) is 5.27. The highest BCUT2D eigenvalue weighted by molar-refractivity contribution is 5.82. The number of rotatable bonds is 2.